The van der Waals surface area contributed by atoms with Gasteiger partial charge in [-0.1, -0.05) is 32.6 Å². The SMILES string of the molecule is CCCCOC(=O)C(=CNC1CCCCC1)C(=O)c1c(F)c(C)c(F)c(F)c1[N+](=O)[O-]. The summed E-state index contributed by atoms with van der Waals surface area (Å²) >= 11 is 0. The normalized spacial score (nSPS) is 14.9. The van der Waals surface area contributed by atoms with Crippen molar-refractivity contribution in [2.45, 2.75) is 64.8 Å². The maximum atomic E-state index is 14.7. The van der Waals surface area contributed by atoms with E-state index in [1.807, 2.05) is 6.92 Å². The minimum atomic E-state index is -1.97. The first-order valence-electron chi connectivity index (χ1n) is 10.2. The molecule has 1 saturated carbocycles. The number of nitrogens with zero attached hydrogens (tertiary/aromatic N) is 1. The van der Waals surface area contributed by atoms with Gasteiger partial charge in [0.05, 0.1) is 11.5 Å². The predicted molar refractivity (Wildman–Crippen MR) is 106 cm³/mol. The van der Waals surface area contributed by atoms with E-state index in [0.717, 1.165) is 45.2 Å². The number of ketones is 1. The molecular formula is C21H25F3N2O5. The summed E-state index contributed by atoms with van der Waals surface area (Å²) < 4.78 is 47.8. The van der Waals surface area contributed by atoms with Gasteiger partial charge in [0.15, 0.2) is 5.82 Å². The van der Waals surface area contributed by atoms with Crippen LogP contribution in [0, 0.1) is 34.5 Å². The number of nitro groups is 1. The first kappa shape index (κ1) is 24.4. The molecule has 0 aliphatic heterocycles. The van der Waals surface area contributed by atoms with Crippen LogP contribution in [0.5, 0.6) is 0 Å². The molecule has 0 atom stereocenters. The zero-order valence-electron chi connectivity index (χ0n) is 17.4. The molecule has 0 amide bonds. The molecule has 1 N–H and O–H groups in total. The van der Waals surface area contributed by atoms with Gasteiger partial charge in [0.1, 0.15) is 17.0 Å². The van der Waals surface area contributed by atoms with Gasteiger partial charge in [-0.3, -0.25) is 14.9 Å². The van der Waals surface area contributed by atoms with Crippen molar-refractivity contribution in [2.24, 2.45) is 0 Å². The standard InChI is InChI=1S/C21H25F3N2O5/c1-3-4-10-31-21(28)14(11-25-13-8-6-5-7-9-13)20(27)15-16(22)12(2)17(23)18(24)19(15)26(29)30/h11,13,25H,3-10H2,1-2H3. The number of nitro benzene ring substituents is 1. The van der Waals surface area contributed by atoms with Crippen LogP contribution in [0.4, 0.5) is 18.9 Å². The summed E-state index contributed by atoms with van der Waals surface area (Å²) in [6.07, 6.45) is 6.73. The number of nitrogens with one attached hydrogen (secondary N) is 1. The maximum Gasteiger partial charge on any atom is 0.343 e. The van der Waals surface area contributed by atoms with Crippen molar-refractivity contribution >= 4 is 17.4 Å². The first-order chi connectivity index (χ1) is 14.7. The third-order valence-corrected chi connectivity index (χ3v) is 5.19. The lowest BCUT2D eigenvalue weighted by Crippen LogP contribution is -2.29. The van der Waals surface area contributed by atoms with Gasteiger partial charge in [0, 0.05) is 17.8 Å². The summed E-state index contributed by atoms with van der Waals surface area (Å²) in [5.41, 5.74) is -4.58. The first-order valence-corrected chi connectivity index (χ1v) is 10.2. The maximum absolute atomic E-state index is 14.7. The number of halogens is 3. The molecule has 1 aliphatic rings. The van der Waals surface area contributed by atoms with E-state index >= 15 is 0 Å². The third-order valence-electron chi connectivity index (χ3n) is 5.19. The highest BCUT2D eigenvalue weighted by Crippen LogP contribution is 2.32. The summed E-state index contributed by atoms with van der Waals surface area (Å²) in [5, 5.41) is 14.2. The Bertz CT molecular complexity index is 896. The Balaban J connectivity index is 2.51. The molecule has 0 aromatic heterocycles. The van der Waals surface area contributed by atoms with E-state index in [4.69, 9.17) is 4.74 Å². The molecule has 0 unspecified atom stereocenters. The van der Waals surface area contributed by atoms with Crippen molar-refractivity contribution in [3.63, 3.8) is 0 Å². The molecule has 1 aromatic rings. The quantitative estimate of drug-likeness (QED) is 0.0688. The van der Waals surface area contributed by atoms with Crippen molar-refractivity contribution < 1.29 is 32.4 Å². The van der Waals surface area contributed by atoms with Gasteiger partial charge in [-0.25, -0.2) is 13.6 Å². The summed E-state index contributed by atoms with van der Waals surface area (Å²) in [4.78, 5) is 35.4. The Morgan fingerprint density at radius 3 is 2.39 bits per heavy atom. The highest BCUT2D eigenvalue weighted by molar-refractivity contribution is 6.25. The van der Waals surface area contributed by atoms with Gasteiger partial charge >= 0.3 is 11.7 Å². The monoisotopic (exact) mass is 442 g/mol. The van der Waals surface area contributed by atoms with E-state index in [0.29, 0.717) is 12.8 Å². The van der Waals surface area contributed by atoms with Crippen molar-refractivity contribution in [3.8, 4) is 0 Å². The summed E-state index contributed by atoms with van der Waals surface area (Å²) in [6.45, 7) is 2.67. The number of hydrogen-bond donors (Lipinski definition) is 1. The van der Waals surface area contributed by atoms with Crippen LogP contribution >= 0.6 is 0 Å². The molecule has 0 spiro atoms. The van der Waals surface area contributed by atoms with Crippen LogP contribution in [-0.4, -0.2) is 29.3 Å². The summed E-state index contributed by atoms with van der Waals surface area (Å²) in [5.74, 6) is -7.90. The van der Waals surface area contributed by atoms with Gasteiger partial charge in [-0.2, -0.15) is 4.39 Å². The number of hydrogen-bond acceptors (Lipinski definition) is 6. The molecule has 0 saturated heterocycles. The van der Waals surface area contributed by atoms with Crippen LogP contribution in [0.25, 0.3) is 0 Å². The summed E-state index contributed by atoms with van der Waals surface area (Å²) in [6, 6.07) is -0.0495. The lowest BCUT2D eigenvalue weighted by atomic mass is 9.95. The van der Waals surface area contributed by atoms with E-state index in [2.05, 4.69) is 5.32 Å². The van der Waals surface area contributed by atoms with Crippen molar-refractivity contribution in [1.82, 2.24) is 5.32 Å². The Morgan fingerprint density at radius 2 is 1.81 bits per heavy atom. The highest BCUT2D eigenvalue weighted by Gasteiger charge is 2.37. The Labute approximate surface area is 177 Å². The number of rotatable bonds is 9. The zero-order valence-corrected chi connectivity index (χ0v) is 17.4. The number of Topliss-reactive ketones (excluding diaryl/α,β-unsaturated/α-hetero) is 1. The average molecular weight is 442 g/mol. The Morgan fingerprint density at radius 1 is 1.16 bits per heavy atom. The van der Waals surface area contributed by atoms with Gasteiger partial charge in [0.2, 0.25) is 11.6 Å². The minimum Gasteiger partial charge on any atom is -0.462 e. The fourth-order valence-corrected chi connectivity index (χ4v) is 3.35. The molecular weight excluding hydrogens is 417 g/mol. The van der Waals surface area contributed by atoms with Crippen LogP contribution in [-0.2, 0) is 9.53 Å². The number of carbonyl (C=O) groups is 2. The lowest BCUT2D eigenvalue weighted by Gasteiger charge is -2.22. The number of unbranched alkanes of at least 4 members (excludes halogenated alkanes) is 1. The molecule has 1 aliphatic carbocycles. The molecule has 0 heterocycles. The summed E-state index contributed by atoms with van der Waals surface area (Å²) in [7, 11) is 0. The Hall–Kier alpha value is -2.91. The molecule has 170 valence electrons. The highest BCUT2D eigenvalue weighted by atomic mass is 19.2. The average Bonchev–Trinajstić information content (AvgIpc) is 2.75. The van der Waals surface area contributed by atoms with E-state index in [1.165, 1.54) is 0 Å². The van der Waals surface area contributed by atoms with Crippen molar-refractivity contribution in [3.05, 3.63) is 50.5 Å². The minimum absolute atomic E-state index is 0.0231. The van der Waals surface area contributed by atoms with E-state index in [-0.39, 0.29) is 12.6 Å². The fraction of sp³-hybridized carbons (Fsp3) is 0.524. The van der Waals surface area contributed by atoms with Crippen molar-refractivity contribution in [1.29, 1.82) is 0 Å². The second kappa shape index (κ2) is 10.9. The molecule has 1 fully saturated rings. The number of esters is 1. The number of carbonyl (C=O) groups excluding carboxylic acids is 2. The molecule has 0 bridgehead atoms. The van der Waals surface area contributed by atoms with Crippen molar-refractivity contribution in [2.75, 3.05) is 6.61 Å². The topological polar surface area (TPSA) is 98.5 Å². The van der Waals surface area contributed by atoms with Gasteiger partial charge in [0.25, 0.3) is 0 Å². The molecule has 1 aromatic carbocycles. The molecule has 10 heteroatoms. The largest absolute Gasteiger partial charge is 0.462 e. The smallest absolute Gasteiger partial charge is 0.343 e. The van der Waals surface area contributed by atoms with Gasteiger partial charge in [-0.15, -0.1) is 0 Å². The lowest BCUT2D eigenvalue weighted by molar-refractivity contribution is -0.388. The molecule has 7 nitrogen and oxygen atoms in total. The number of ether oxygens (including phenoxy) is 1. The predicted octanol–water partition coefficient (Wildman–Crippen LogP) is 4.65. The van der Waals surface area contributed by atoms with E-state index in [1.54, 1.807) is 0 Å². The van der Waals surface area contributed by atoms with E-state index < -0.39 is 56.5 Å². The van der Waals surface area contributed by atoms with Crippen LogP contribution in [0.1, 0.15) is 67.8 Å². The molecule has 31 heavy (non-hydrogen) atoms. The molecule has 2 rings (SSSR count). The van der Waals surface area contributed by atoms with Crippen LogP contribution < -0.4 is 5.32 Å². The van der Waals surface area contributed by atoms with Crippen LogP contribution in [0.2, 0.25) is 0 Å². The second-order valence-corrected chi connectivity index (χ2v) is 7.43. The van der Waals surface area contributed by atoms with Gasteiger partial charge < -0.3 is 10.1 Å². The van der Waals surface area contributed by atoms with Gasteiger partial charge in [-0.05, 0) is 26.2 Å². The van der Waals surface area contributed by atoms with E-state index in [9.17, 15) is 32.9 Å². The fourth-order valence-electron chi connectivity index (χ4n) is 3.35. The second-order valence-electron chi connectivity index (χ2n) is 7.43. The van der Waals surface area contributed by atoms with Crippen LogP contribution in [0.15, 0.2) is 11.8 Å². The van der Waals surface area contributed by atoms with Crippen LogP contribution in [0.3, 0.4) is 0 Å². The number of benzene rings is 1. The third kappa shape index (κ3) is 5.62. The molecule has 0 radical (unpaired) electrons. The zero-order chi connectivity index (χ0) is 23.1. The Kier molecular flexibility index (Phi) is 8.58.